The topological polar surface area (TPSA) is 76.6 Å². The highest BCUT2D eigenvalue weighted by molar-refractivity contribution is 6.34. The molecule has 1 aliphatic heterocycles. The Balaban J connectivity index is 1.98. The Morgan fingerprint density at radius 3 is 2.78 bits per heavy atom. The molecule has 2 radical (unpaired) electrons. The van der Waals surface area contributed by atoms with E-state index in [1.54, 1.807) is 6.07 Å². The highest BCUT2D eigenvalue weighted by Crippen LogP contribution is 2.18. The second-order valence-electron chi connectivity index (χ2n) is 6.60. The van der Waals surface area contributed by atoms with Crippen LogP contribution in [0, 0.1) is 0 Å². The second-order valence-corrected chi connectivity index (χ2v) is 6.60. The minimum Gasteiger partial charge on any atom is -0.480 e. The number of rotatable bonds is 3. The number of nitrogens with one attached hydrogen (secondary N) is 1. The number of amides is 1. The van der Waals surface area contributed by atoms with Crippen LogP contribution in [0.5, 0.6) is 5.88 Å². The van der Waals surface area contributed by atoms with E-state index in [0.717, 1.165) is 19.4 Å². The van der Waals surface area contributed by atoms with Crippen LogP contribution in [0.3, 0.4) is 0 Å². The van der Waals surface area contributed by atoms with Crippen LogP contribution in [-0.4, -0.2) is 56.0 Å². The molecule has 1 atom stereocenters. The van der Waals surface area contributed by atoms with E-state index >= 15 is 0 Å². The zero-order chi connectivity index (χ0) is 17.0. The van der Waals surface area contributed by atoms with E-state index < -0.39 is 11.7 Å². The van der Waals surface area contributed by atoms with Gasteiger partial charge in [0.15, 0.2) is 5.82 Å². The van der Waals surface area contributed by atoms with Crippen molar-refractivity contribution in [3.05, 3.63) is 6.07 Å². The summed E-state index contributed by atoms with van der Waals surface area (Å²) in [4.78, 5) is 13.9. The minimum atomic E-state index is -0.506. The van der Waals surface area contributed by atoms with Gasteiger partial charge in [-0.3, -0.25) is 0 Å². The van der Waals surface area contributed by atoms with Gasteiger partial charge in [0.05, 0.1) is 7.11 Å². The largest absolute Gasteiger partial charge is 0.480 e. The quantitative estimate of drug-likeness (QED) is 0.830. The summed E-state index contributed by atoms with van der Waals surface area (Å²) in [6, 6.07) is 1.74. The van der Waals surface area contributed by atoms with Crippen molar-refractivity contribution >= 4 is 25.2 Å². The van der Waals surface area contributed by atoms with Crippen LogP contribution >= 0.6 is 0 Å². The van der Waals surface area contributed by atoms with E-state index in [0.29, 0.717) is 23.7 Å². The molecule has 1 aromatic rings. The van der Waals surface area contributed by atoms with Crippen molar-refractivity contribution in [3.8, 4) is 5.88 Å². The number of nitrogens with zero attached hydrogens (tertiary/aromatic N) is 3. The van der Waals surface area contributed by atoms with Crippen molar-refractivity contribution in [3.63, 3.8) is 0 Å². The molecule has 2 rings (SSSR count). The van der Waals surface area contributed by atoms with Gasteiger partial charge < -0.3 is 19.7 Å². The molecule has 23 heavy (non-hydrogen) atoms. The molecule has 0 aromatic carbocycles. The Morgan fingerprint density at radius 1 is 1.43 bits per heavy atom. The van der Waals surface area contributed by atoms with Crippen molar-refractivity contribution in [2.45, 2.75) is 45.3 Å². The van der Waals surface area contributed by atoms with Crippen LogP contribution in [0.15, 0.2) is 6.07 Å². The molecular formula is C15H23BN4O3. The molecule has 2 heterocycles. The highest BCUT2D eigenvalue weighted by atomic mass is 16.6. The third-order valence-corrected chi connectivity index (χ3v) is 3.43. The van der Waals surface area contributed by atoms with Gasteiger partial charge in [-0.1, -0.05) is 0 Å². The highest BCUT2D eigenvalue weighted by Gasteiger charge is 2.25. The second kappa shape index (κ2) is 7.06. The molecule has 8 heteroatoms. The van der Waals surface area contributed by atoms with Crippen molar-refractivity contribution in [1.29, 1.82) is 0 Å². The maximum Gasteiger partial charge on any atom is 0.407 e. The normalized spacial score (nSPS) is 18.4. The zero-order valence-corrected chi connectivity index (χ0v) is 14.1. The molecule has 124 valence electrons. The van der Waals surface area contributed by atoms with Crippen molar-refractivity contribution in [2.75, 3.05) is 25.1 Å². The number of ether oxygens (including phenoxy) is 2. The number of anilines is 1. The van der Waals surface area contributed by atoms with Crippen molar-refractivity contribution in [1.82, 2.24) is 15.5 Å². The Hall–Kier alpha value is -1.99. The molecular weight excluding hydrogens is 295 g/mol. The first-order valence-electron chi connectivity index (χ1n) is 7.70. The SMILES string of the molecule is [B]c1cc(N2CCCC(NC(=O)OC(C)(C)C)C2)nnc1OC. The molecule has 1 saturated heterocycles. The van der Waals surface area contributed by atoms with Gasteiger partial charge in [0, 0.05) is 19.1 Å². The van der Waals surface area contributed by atoms with E-state index in [4.69, 9.17) is 17.3 Å². The van der Waals surface area contributed by atoms with E-state index in [2.05, 4.69) is 15.5 Å². The van der Waals surface area contributed by atoms with Crippen LogP contribution in [0.4, 0.5) is 10.6 Å². The van der Waals surface area contributed by atoms with Crippen LogP contribution < -0.4 is 20.4 Å². The Morgan fingerprint density at radius 2 is 2.17 bits per heavy atom. The van der Waals surface area contributed by atoms with Crippen LogP contribution in [-0.2, 0) is 4.74 Å². The monoisotopic (exact) mass is 318 g/mol. The maximum atomic E-state index is 11.9. The standard InChI is InChI=1S/C15H23BN4O3/c1-15(2,3)23-14(21)17-10-6-5-7-20(9-10)12-8-11(16)13(22-4)19-18-12/h8,10H,5-7,9H2,1-4H3,(H,17,21). The number of hydrogen-bond acceptors (Lipinski definition) is 6. The molecule has 1 aromatic heterocycles. The van der Waals surface area contributed by atoms with Gasteiger partial charge >= 0.3 is 6.09 Å². The van der Waals surface area contributed by atoms with E-state index in [9.17, 15) is 4.79 Å². The van der Waals surface area contributed by atoms with Gasteiger partial charge in [-0.05, 0) is 45.1 Å². The summed E-state index contributed by atoms with van der Waals surface area (Å²) >= 11 is 0. The van der Waals surface area contributed by atoms with Gasteiger partial charge in [0.1, 0.15) is 13.4 Å². The molecule has 1 N–H and O–H groups in total. The van der Waals surface area contributed by atoms with E-state index in [1.807, 2.05) is 25.7 Å². The van der Waals surface area contributed by atoms with Gasteiger partial charge in [0.2, 0.25) is 5.88 Å². The molecule has 7 nitrogen and oxygen atoms in total. The maximum absolute atomic E-state index is 11.9. The number of carbonyl (C=O) groups is 1. The van der Waals surface area contributed by atoms with Gasteiger partial charge in [-0.25, -0.2) is 4.79 Å². The predicted octanol–water partition coefficient (Wildman–Crippen LogP) is 0.772. The summed E-state index contributed by atoms with van der Waals surface area (Å²) < 4.78 is 10.3. The first kappa shape index (κ1) is 17.4. The zero-order valence-electron chi connectivity index (χ0n) is 14.1. The molecule has 1 aliphatic rings. The molecule has 1 fully saturated rings. The Labute approximate surface area is 138 Å². The fraction of sp³-hybridized carbons (Fsp3) is 0.667. The molecule has 0 saturated carbocycles. The summed E-state index contributed by atoms with van der Waals surface area (Å²) in [5, 5.41) is 11.0. The van der Waals surface area contributed by atoms with Crippen LogP contribution in [0.1, 0.15) is 33.6 Å². The summed E-state index contributed by atoms with van der Waals surface area (Å²) in [7, 11) is 7.38. The molecule has 1 unspecified atom stereocenters. The fourth-order valence-corrected chi connectivity index (χ4v) is 2.47. The summed E-state index contributed by atoms with van der Waals surface area (Å²) in [5.74, 6) is 0.994. The van der Waals surface area contributed by atoms with E-state index in [1.165, 1.54) is 7.11 Å². The van der Waals surface area contributed by atoms with Gasteiger partial charge in [-0.2, -0.15) is 0 Å². The van der Waals surface area contributed by atoms with Crippen LogP contribution in [0.2, 0.25) is 0 Å². The predicted molar refractivity (Wildman–Crippen MR) is 88.6 cm³/mol. The Bertz CT molecular complexity index is 562. The lowest BCUT2D eigenvalue weighted by Crippen LogP contribution is -2.49. The lowest BCUT2D eigenvalue weighted by molar-refractivity contribution is 0.0500. The lowest BCUT2D eigenvalue weighted by Gasteiger charge is -2.34. The lowest BCUT2D eigenvalue weighted by atomic mass is 9.98. The fourth-order valence-electron chi connectivity index (χ4n) is 2.47. The first-order chi connectivity index (χ1) is 10.8. The third-order valence-electron chi connectivity index (χ3n) is 3.43. The average Bonchev–Trinajstić information content (AvgIpc) is 2.45. The number of hydrogen-bond donors (Lipinski definition) is 1. The van der Waals surface area contributed by atoms with E-state index in [-0.39, 0.29) is 6.04 Å². The van der Waals surface area contributed by atoms with Crippen molar-refractivity contribution in [2.24, 2.45) is 0 Å². The summed E-state index contributed by atoms with van der Waals surface area (Å²) in [6.45, 7) is 7.01. The minimum absolute atomic E-state index is 0.00345. The number of aromatic nitrogens is 2. The smallest absolute Gasteiger partial charge is 0.407 e. The third kappa shape index (κ3) is 5.01. The first-order valence-corrected chi connectivity index (χ1v) is 7.70. The van der Waals surface area contributed by atoms with Gasteiger partial charge in [0.25, 0.3) is 0 Å². The number of carbonyl (C=O) groups excluding carboxylic acids is 1. The van der Waals surface area contributed by atoms with Crippen LogP contribution in [0.25, 0.3) is 0 Å². The summed E-state index contributed by atoms with van der Waals surface area (Å²) in [6.07, 6.45) is 1.44. The molecule has 0 spiro atoms. The molecule has 0 bridgehead atoms. The average molecular weight is 318 g/mol. The van der Waals surface area contributed by atoms with Gasteiger partial charge in [-0.15, -0.1) is 10.2 Å². The van der Waals surface area contributed by atoms with Crippen molar-refractivity contribution < 1.29 is 14.3 Å². The molecule has 0 aliphatic carbocycles. The number of alkyl carbamates (subject to hydrolysis) is 1. The Kier molecular flexibility index (Phi) is 5.33. The number of methoxy groups -OCH3 is 1. The number of piperidine rings is 1. The molecule has 1 amide bonds. The summed E-state index contributed by atoms with van der Waals surface area (Å²) in [5.41, 5.74) is -0.0614.